The van der Waals surface area contributed by atoms with Crippen LogP contribution in [0.25, 0.3) is 94.8 Å². The van der Waals surface area contributed by atoms with Gasteiger partial charge in [0.2, 0.25) is 0 Å². The second-order valence-electron chi connectivity index (χ2n) is 14.5. The first-order chi connectivity index (χ1) is 27.8. The average Bonchev–Trinajstić information content (AvgIpc) is 3.83. The van der Waals surface area contributed by atoms with Crippen molar-refractivity contribution in [3.05, 3.63) is 211 Å². The van der Waals surface area contributed by atoms with E-state index >= 15 is 0 Å². The molecule has 0 unspecified atom stereocenters. The molecular weight excluding hydrogens is 679 g/mol. The molecule has 0 spiro atoms. The third-order valence-corrected chi connectivity index (χ3v) is 11.3. The SMILES string of the molecule is c1ccc(-c2cc(-c3ccccc3)nc(-c3cccc(-n4c5ccccc5c5ccc(-c6cccc7c6Cc6c(-c8ccccc8)cccc6-7)cc54)c3)n2)cc1. The summed E-state index contributed by atoms with van der Waals surface area (Å²) in [6, 6.07) is 71.6. The fourth-order valence-corrected chi connectivity index (χ4v) is 8.68. The summed E-state index contributed by atoms with van der Waals surface area (Å²) in [6.45, 7) is 0. The second kappa shape index (κ2) is 13.2. The van der Waals surface area contributed by atoms with Crippen molar-refractivity contribution in [2.45, 2.75) is 6.42 Å². The summed E-state index contributed by atoms with van der Waals surface area (Å²) in [7, 11) is 0. The lowest BCUT2D eigenvalue weighted by molar-refractivity contribution is 1.16. The van der Waals surface area contributed by atoms with E-state index in [2.05, 4.69) is 193 Å². The summed E-state index contributed by atoms with van der Waals surface area (Å²) in [5, 5.41) is 2.46. The maximum absolute atomic E-state index is 5.16. The Morgan fingerprint density at radius 1 is 0.339 bits per heavy atom. The highest BCUT2D eigenvalue weighted by Gasteiger charge is 2.25. The number of benzene rings is 8. The summed E-state index contributed by atoms with van der Waals surface area (Å²) < 4.78 is 2.41. The quantitative estimate of drug-likeness (QED) is 0.172. The van der Waals surface area contributed by atoms with Crippen LogP contribution in [0.4, 0.5) is 0 Å². The zero-order valence-electron chi connectivity index (χ0n) is 30.6. The first kappa shape index (κ1) is 32.1. The molecule has 0 amide bonds. The van der Waals surface area contributed by atoms with Gasteiger partial charge in [-0.15, -0.1) is 0 Å². The molecular formula is C53H35N3. The number of rotatable bonds is 6. The van der Waals surface area contributed by atoms with Crippen LogP contribution in [0.3, 0.4) is 0 Å². The minimum atomic E-state index is 0.697. The van der Waals surface area contributed by atoms with Crippen LogP contribution in [0.1, 0.15) is 11.1 Å². The molecule has 56 heavy (non-hydrogen) atoms. The van der Waals surface area contributed by atoms with Crippen LogP contribution in [0.2, 0.25) is 0 Å². The van der Waals surface area contributed by atoms with Crippen molar-refractivity contribution in [1.82, 2.24) is 14.5 Å². The van der Waals surface area contributed by atoms with Crippen molar-refractivity contribution in [2.24, 2.45) is 0 Å². The van der Waals surface area contributed by atoms with Gasteiger partial charge in [-0.3, -0.25) is 0 Å². The van der Waals surface area contributed by atoms with Crippen LogP contribution in [-0.4, -0.2) is 14.5 Å². The molecule has 8 aromatic carbocycles. The van der Waals surface area contributed by atoms with E-state index in [1.54, 1.807) is 0 Å². The fraction of sp³-hybridized carbons (Fsp3) is 0.0189. The van der Waals surface area contributed by atoms with Crippen LogP contribution in [0, 0.1) is 0 Å². The summed E-state index contributed by atoms with van der Waals surface area (Å²) in [4.78, 5) is 10.3. The van der Waals surface area contributed by atoms with Gasteiger partial charge in [0.1, 0.15) is 0 Å². The van der Waals surface area contributed by atoms with Gasteiger partial charge in [0, 0.05) is 33.2 Å². The van der Waals surface area contributed by atoms with Gasteiger partial charge < -0.3 is 4.57 Å². The third kappa shape index (κ3) is 5.36. The normalized spacial score (nSPS) is 11.9. The molecule has 262 valence electrons. The molecule has 0 radical (unpaired) electrons. The van der Waals surface area contributed by atoms with Gasteiger partial charge in [-0.2, -0.15) is 0 Å². The molecule has 3 heteroatoms. The standard InChI is InChI=1S/C53H35N3/c1-4-15-35(16-5-1)41-24-13-26-43-44-27-14-25-42(48(44)33-47(41)43)38-29-30-46-45-23-10-11-28-51(45)56(52(46)32-38)40-22-12-21-39(31-40)53-54-49(36-17-6-2-7-18-36)34-50(55-53)37-19-8-3-9-20-37/h1-32,34H,33H2. The van der Waals surface area contributed by atoms with E-state index < -0.39 is 0 Å². The molecule has 0 saturated heterocycles. The average molecular weight is 714 g/mol. The minimum absolute atomic E-state index is 0.697. The molecule has 0 saturated carbocycles. The Morgan fingerprint density at radius 3 is 1.52 bits per heavy atom. The molecule has 3 nitrogen and oxygen atoms in total. The van der Waals surface area contributed by atoms with E-state index in [1.165, 1.54) is 66.3 Å². The second-order valence-corrected chi connectivity index (χ2v) is 14.5. The van der Waals surface area contributed by atoms with Crippen molar-refractivity contribution in [2.75, 3.05) is 0 Å². The summed E-state index contributed by atoms with van der Waals surface area (Å²) in [6.07, 6.45) is 0.905. The molecule has 11 rings (SSSR count). The van der Waals surface area contributed by atoms with Gasteiger partial charge in [-0.05, 0) is 81.3 Å². The Labute approximate surface area is 325 Å². The Bertz CT molecular complexity index is 3030. The van der Waals surface area contributed by atoms with E-state index in [4.69, 9.17) is 9.97 Å². The zero-order valence-corrected chi connectivity index (χ0v) is 30.6. The molecule has 10 aromatic rings. The summed E-state index contributed by atoms with van der Waals surface area (Å²) in [5.41, 5.74) is 18.8. The molecule has 0 N–H and O–H groups in total. The number of nitrogens with zero attached hydrogens (tertiary/aromatic N) is 3. The van der Waals surface area contributed by atoms with Gasteiger partial charge in [-0.25, -0.2) is 9.97 Å². The molecule has 2 heterocycles. The van der Waals surface area contributed by atoms with Gasteiger partial charge in [0.15, 0.2) is 5.82 Å². The first-order valence-corrected chi connectivity index (χ1v) is 19.2. The van der Waals surface area contributed by atoms with Crippen LogP contribution >= 0.6 is 0 Å². The van der Waals surface area contributed by atoms with Crippen molar-refractivity contribution >= 4 is 21.8 Å². The molecule has 0 fully saturated rings. The number of hydrogen-bond acceptors (Lipinski definition) is 2. The Kier molecular flexibility index (Phi) is 7.56. The Balaban J connectivity index is 1.06. The number of aromatic nitrogens is 3. The lowest BCUT2D eigenvalue weighted by Crippen LogP contribution is -1.98. The third-order valence-electron chi connectivity index (χ3n) is 11.3. The minimum Gasteiger partial charge on any atom is -0.309 e. The van der Waals surface area contributed by atoms with E-state index in [0.717, 1.165) is 40.2 Å². The van der Waals surface area contributed by atoms with Crippen LogP contribution < -0.4 is 0 Å². The van der Waals surface area contributed by atoms with E-state index in [-0.39, 0.29) is 0 Å². The largest absolute Gasteiger partial charge is 0.309 e. The van der Waals surface area contributed by atoms with E-state index in [9.17, 15) is 0 Å². The molecule has 1 aliphatic carbocycles. The molecule has 2 aromatic heterocycles. The maximum Gasteiger partial charge on any atom is 0.160 e. The smallest absolute Gasteiger partial charge is 0.160 e. The van der Waals surface area contributed by atoms with Gasteiger partial charge in [0.05, 0.1) is 22.4 Å². The van der Waals surface area contributed by atoms with Crippen molar-refractivity contribution in [3.63, 3.8) is 0 Å². The molecule has 0 bridgehead atoms. The zero-order chi connectivity index (χ0) is 37.0. The monoisotopic (exact) mass is 713 g/mol. The maximum atomic E-state index is 5.16. The lowest BCUT2D eigenvalue weighted by Gasteiger charge is -2.13. The highest BCUT2D eigenvalue weighted by atomic mass is 15.0. The van der Waals surface area contributed by atoms with Gasteiger partial charge in [-0.1, -0.05) is 170 Å². The van der Waals surface area contributed by atoms with E-state index in [1.807, 2.05) is 12.1 Å². The first-order valence-electron chi connectivity index (χ1n) is 19.2. The molecule has 1 aliphatic rings. The highest BCUT2D eigenvalue weighted by molar-refractivity contribution is 6.10. The van der Waals surface area contributed by atoms with Crippen molar-refractivity contribution in [3.8, 4) is 73.0 Å². The van der Waals surface area contributed by atoms with Crippen LogP contribution in [0.5, 0.6) is 0 Å². The molecule has 0 aliphatic heterocycles. The van der Waals surface area contributed by atoms with Crippen LogP contribution in [0.15, 0.2) is 200 Å². The topological polar surface area (TPSA) is 30.7 Å². The van der Waals surface area contributed by atoms with Gasteiger partial charge in [0.25, 0.3) is 0 Å². The van der Waals surface area contributed by atoms with Crippen LogP contribution in [-0.2, 0) is 6.42 Å². The number of hydrogen-bond donors (Lipinski definition) is 0. The summed E-state index contributed by atoms with van der Waals surface area (Å²) >= 11 is 0. The van der Waals surface area contributed by atoms with Gasteiger partial charge >= 0.3 is 0 Å². The van der Waals surface area contributed by atoms with E-state index in [0.29, 0.717) is 5.82 Å². The van der Waals surface area contributed by atoms with Crippen molar-refractivity contribution < 1.29 is 0 Å². The predicted molar refractivity (Wildman–Crippen MR) is 232 cm³/mol. The fourth-order valence-electron chi connectivity index (χ4n) is 8.68. The number of fused-ring (bicyclic) bond motifs is 6. The molecule has 0 atom stereocenters. The number of para-hydroxylation sites is 1. The highest BCUT2D eigenvalue weighted by Crippen LogP contribution is 2.46. The predicted octanol–water partition coefficient (Wildman–Crippen LogP) is 13.5. The Hall–Kier alpha value is -7.36. The van der Waals surface area contributed by atoms with Crippen molar-refractivity contribution in [1.29, 1.82) is 0 Å². The summed E-state index contributed by atoms with van der Waals surface area (Å²) in [5.74, 6) is 0.697. The Morgan fingerprint density at radius 2 is 0.857 bits per heavy atom. The lowest BCUT2D eigenvalue weighted by atomic mass is 9.95.